The first kappa shape index (κ1) is 53.4. The highest BCUT2D eigenvalue weighted by Crippen LogP contribution is 2.72. The van der Waals surface area contributed by atoms with Gasteiger partial charge >= 0.3 is 11.9 Å². The Bertz CT molecular complexity index is 3340. The molecule has 78 heavy (non-hydrogen) atoms. The minimum atomic E-state index is -1.11. The van der Waals surface area contributed by atoms with E-state index in [1.54, 1.807) is 35.8 Å². The van der Waals surface area contributed by atoms with Gasteiger partial charge in [-0.15, -0.1) is 21.5 Å². The third-order valence-electron chi connectivity index (χ3n) is 17.7. The molecule has 0 radical (unpaired) electrons. The third-order valence-corrected chi connectivity index (χ3v) is 19.1. The van der Waals surface area contributed by atoms with Crippen LogP contribution in [0.2, 0.25) is 5.02 Å². The Morgan fingerprint density at radius 3 is 2.29 bits per heavy atom. The lowest BCUT2D eigenvalue weighted by atomic mass is 9.42. The molecule has 17 nitrogen and oxygen atoms in total. The quantitative estimate of drug-likeness (QED) is 0.0509. The largest absolute Gasteiger partial charge is 0.469 e. The number of fused-ring (bicyclic) bond motifs is 7. The van der Waals surface area contributed by atoms with E-state index in [2.05, 4.69) is 48.5 Å². The van der Waals surface area contributed by atoms with Crippen LogP contribution in [0.1, 0.15) is 108 Å². The normalized spacial score (nSPS) is 28.3. The van der Waals surface area contributed by atoms with Crippen molar-refractivity contribution < 1.29 is 52.1 Å². The number of nitrogens with zero attached hydrogens (tertiary/aromatic N) is 4. The fraction of sp³-hybridized carbons (Fsp3) is 0.458. The summed E-state index contributed by atoms with van der Waals surface area (Å²) in [6.07, 6.45) is 3.90. The zero-order chi connectivity index (χ0) is 55.0. The molecule has 3 aliphatic heterocycles. The maximum atomic E-state index is 14.2. The molecule has 5 aromatic rings. The van der Waals surface area contributed by atoms with Crippen LogP contribution in [-0.2, 0) is 42.9 Å². The van der Waals surface area contributed by atoms with Crippen molar-refractivity contribution >= 4 is 58.2 Å². The van der Waals surface area contributed by atoms with Crippen LogP contribution in [0, 0.1) is 48.9 Å². The summed E-state index contributed by atoms with van der Waals surface area (Å²) in [5, 5.41) is 16.3. The van der Waals surface area contributed by atoms with Gasteiger partial charge in [0.15, 0.2) is 11.6 Å². The van der Waals surface area contributed by atoms with Gasteiger partial charge in [0.2, 0.25) is 5.91 Å². The van der Waals surface area contributed by atoms with Crippen molar-refractivity contribution in [1.82, 2.24) is 25.4 Å². The molecule has 3 aliphatic carbocycles. The maximum absolute atomic E-state index is 14.2. The molecule has 3 fully saturated rings. The van der Waals surface area contributed by atoms with E-state index in [1.165, 1.54) is 18.1 Å². The Labute approximate surface area is 461 Å². The van der Waals surface area contributed by atoms with Crippen molar-refractivity contribution in [2.45, 2.75) is 98.0 Å². The number of hydrogen-bond donors (Lipinski definition) is 2. The molecule has 10 atom stereocenters. The Kier molecular flexibility index (Phi) is 14.1. The van der Waals surface area contributed by atoms with Crippen LogP contribution in [0.15, 0.2) is 93.6 Å². The van der Waals surface area contributed by atoms with Crippen LogP contribution >= 0.6 is 22.9 Å². The predicted molar refractivity (Wildman–Crippen MR) is 290 cm³/mol. The molecule has 1 saturated carbocycles. The molecule has 10 unspecified atom stereocenters. The molecule has 2 aromatic carbocycles. The van der Waals surface area contributed by atoms with E-state index in [4.69, 9.17) is 44.7 Å². The second-order valence-electron chi connectivity index (χ2n) is 21.9. The zero-order valence-corrected chi connectivity index (χ0v) is 46.5. The summed E-state index contributed by atoms with van der Waals surface area (Å²) in [5.41, 5.74) is 5.14. The summed E-state index contributed by atoms with van der Waals surface area (Å²) >= 11 is 7.91. The van der Waals surface area contributed by atoms with Crippen LogP contribution in [0.25, 0.3) is 16.3 Å². The van der Waals surface area contributed by atoms with Crippen molar-refractivity contribution in [2.24, 2.45) is 33.1 Å². The fourth-order valence-electron chi connectivity index (χ4n) is 13.8. The first-order chi connectivity index (χ1) is 37.4. The van der Waals surface area contributed by atoms with Crippen LogP contribution in [-0.4, -0.2) is 115 Å². The summed E-state index contributed by atoms with van der Waals surface area (Å²) in [4.78, 5) is 73.9. The average Bonchev–Trinajstić information content (AvgIpc) is 2.80. The number of ether oxygens (including phenoxy) is 5. The van der Waals surface area contributed by atoms with E-state index in [1.807, 2.05) is 67.8 Å². The smallest absolute Gasteiger partial charge is 0.316 e. The number of furan rings is 1. The highest BCUT2D eigenvalue weighted by atomic mass is 35.5. The van der Waals surface area contributed by atoms with Crippen molar-refractivity contribution in [2.75, 3.05) is 46.6 Å². The molecule has 3 aromatic heterocycles. The molecule has 2 saturated heterocycles. The Hall–Kier alpha value is -6.57. The lowest BCUT2D eigenvalue weighted by Crippen LogP contribution is -2.66. The molecule has 6 aliphatic rings. The monoisotopic (exact) mass is 1100 g/mol. The maximum Gasteiger partial charge on any atom is 0.316 e. The minimum absolute atomic E-state index is 0.0219. The summed E-state index contributed by atoms with van der Waals surface area (Å²) in [7, 11) is 1.35. The Balaban J connectivity index is 0.656. The van der Waals surface area contributed by atoms with E-state index in [0.717, 1.165) is 55.5 Å². The number of halogens is 1. The standard InChI is InChI=1S/C59H63ClN6O11S/c1-30-32(3)78-55-46(30)48(34-13-15-37(60)16-14-34)63-40(53-65-64-33(4)66(53)55)28-44(68)61-20-23-73-25-26-74-24-21-62-54(70)36-11-9-35(10-12-36)49-38(18-22-75-49)39-27-41-47(31(39)2)59(7)42(29-45(69)72-8)58(6)43(67)17-19-57(5)51(58)50(52(59)76-41)77-56(57)71/h9-19,22,39-42,50-52H,20-21,23-29H2,1-8H3,(H,61,68)(H,62,70). The number of nitrogens with one attached hydrogen (secondary N) is 2. The zero-order valence-electron chi connectivity index (χ0n) is 44.9. The first-order valence-corrected chi connectivity index (χ1v) is 27.7. The third kappa shape index (κ3) is 8.69. The van der Waals surface area contributed by atoms with E-state index in [9.17, 15) is 24.0 Å². The number of aryl methyl sites for hydroxylation is 2. The van der Waals surface area contributed by atoms with Gasteiger partial charge in [0.25, 0.3) is 5.91 Å². The number of aliphatic imine (C=N–C) groups is 1. The lowest BCUT2D eigenvalue weighted by molar-refractivity contribution is -0.190. The van der Waals surface area contributed by atoms with Gasteiger partial charge in [-0.05, 0) is 94.5 Å². The molecular weight excluding hydrogens is 1040 g/mol. The number of carbonyl (C=O) groups excluding carboxylic acids is 5. The van der Waals surface area contributed by atoms with Gasteiger partial charge in [-0.3, -0.25) is 33.5 Å². The topological polar surface area (TPSA) is 212 Å². The van der Waals surface area contributed by atoms with Crippen LogP contribution in [0.5, 0.6) is 0 Å². The van der Waals surface area contributed by atoms with Crippen LogP contribution < -0.4 is 10.6 Å². The molecule has 0 bridgehead atoms. The number of benzene rings is 2. The highest BCUT2D eigenvalue weighted by molar-refractivity contribution is 7.15. The van der Waals surface area contributed by atoms with Crippen molar-refractivity contribution in [1.29, 1.82) is 0 Å². The fourth-order valence-corrected chi connectivity index (χ4v) is 15.2. The van der Waals surface area contributed by atoms with Crippen molar-refractivity contribution in [3.05, 3.63) is 134 Å². The molecule has 6 heterocycles. The molecular formula is C59H63ClN6O11S. The molecule has 0 spiro atoms. The number of amides is 2. The number of ketones is 1. The summed E-state index contributed by atoms with van der Waals surface area (Å²) in [6.45, 7) is 15.7. The second-order valence-corrected chi connectivity index (χ2v) is 23.5. The average molecular weight is 1100 g/mol. The van der Waals surface area contributed by atoms with Gasteiger partial charge < -0.3 is 38.7 Å². The van der Waals surface area contributed by atoms with Gasteiger partial charge in [0.1, 0.15) is 34.8 Å². The van der Waals surface area contributed by atoms with E-state index in [-0.39, 0.29) is 68.2 Å². The first-order valence-electron chi connectivity index (χ1n) is 26.5. The second kappa shape index (κ2) is 20.6. The van der Waals surface area contributed by atoms with E-state index < -0.39 is 52.3 Å². The van der Waals surface area contributed by atoms with Gasteiger partial charge in [0, 0.05) is 73.5 Å². The number of rotatable bonds is 17. The molecule has 2 amide bonds. The Morgan fingerprint density at radius 1 is 0.872 bits per heavy atom. The van der Waals surface area contributed by atoms with Crippen molar-refractivity contribution in [3.63, 3.8) is 0 Å². The number of allylic oxidation sites excluding steroid dienone is 2. The number of aromatic nitrogens is 3. The summed E-state index contributed by atoms with van der Waals surface area (Å²) < 4.78 is 38.0. The van der Waals surface area contributed by atoms with Gasteiger partial charge in [-0.25, -0.2) is 0 Å². The highest BCUT2D eigenvalue weighted by Gasteiger charge is 2.78. The summed E-state index contributed by atoms with van der Waals surface area (Å²) in [5.74, 6) is -0.555. The van der Waals surface area contributed by atoms with Gasteiger partial charge in [0.05, 0.1) is 69.9 Å². The lowest BCUT2D eigenvalue weighted by Gasteiger charge is -2.59. The molecule has 11 rings (SSSR count). The van der Waals surface area contributed by atoms with Gasteiger partial charge in [-0.1, -0.05) is 61.4 Å². The number of esters is 2. The number of methoxy groups -OCH3 is 1. The minimum Gasteiger partial charge on any atom is -0.469 e. The van der Waals surface area contributed by atoms with Crippen molar-refractivity contribution in [3.8, 4) is 16.3 Å². The van der Waals surface area contributed by atoms with Gasteiger partial charge in [-0.2, -0.15) is 0 Å². The Morgan fingerprint density at radius 2 is 1.58 bits per heavy atom. The van der Waals surface area contributed by atoms with E-state index in [0.29, 0.717) is 48.4 Å². The molecule has 2 N–H and O–H groups in total. The van der Waals surface area contributed by atoms with E-state index >= 15 is 0 Å². The van der Waals surface area contributed by atoms with Crippen LogP contribution in [0.4, 0.5) is 0 Å². The number of hydrogen-bond acceptors (Lipinski definition) is 15. The SMILES string of the molecule is COC(=O)CC1C2(C)C3=C(C)C(c4ccoc4-c4ccc(C(=O)NCCOCCOCCNC(=O)CC5N=C(c6ccc(Cl)cc6)c6c(sc(C)c6C)-n6c(C)nnc65)cc4)CC3OC2C2OC(=O)C3(C)C=CC(=O)C1(C)C23. The number of thiophene rings is 1. The number of carbonyl (C=O) groups is 5. The predicted octanol–water partition coefficient (Wildman–Crippen LogP) is 8.49. The van der Waals surface area contributed by atoms with Crippen LogP contribution in [0.3, 0.4) is 0 Å². The summed E-state index contributed by atoms with van der Waals surface area (Å²) in [6, 6.07) is 16.2. The molecule has 408 valence electrons. The molecule has 19 heteroatoms.